The average molecular weight is 444 g/mol. The summed E-state index contributed by atoms with van der Waals surface area (Å²) in [6, 6.07) is 13.4. The van der Waals surface area contributed by atoms with E-state index >= 15 is 0 Å². The maximum Gasteiger partial charge on any atom is 0.405 e. The molecule has 0 aromatic heterocycles. The standard InChI is InChI=1S/C18H18N2O4.C5H11NO2/c21-18(14-4-2-1-3-5-14)16-7-6-13(11-17(16)20(22)23)10-15-12-19-8-9-24-15;1-5(2,3)8-4(6)7/h1-7,11,15,19H,8-10,12H2;1-3H3,(H2,6,7). The number of nitrogens with two attached hydrogens (primary N) is 1. The summed E-state index contributed by atoms with van der Waals surface area (Å²) in [5, 5.41) is 14.6. The van der Waals surface area contributed by atoms with Crippen molar-refractivity contribution in [3.63, 3.8) is 0 Å². The van der Waals surface area contributed by atoms with Gasteiger partial charge in [-0.25, -0.2) is 4.79 Å². The van der Waals surface area contributed by atoms with Crippen LogP contribution in [-0.4, -0.2) is 48.2 Å². The number of carbonyl (C=O) groups excluding carboxylic acids is 2. The fourth-order valence-corrected chi connectivity index (χ4v) is 3.11. The minimum atomic E-state index is -0.725. The van der Waals surface area contributed by atoms with Crippen LogP contribution in [0.15, 0.2) is 48.5 Å². The maximum atomic E-state index is 12.5. The molecule has 3 rings (SSSR count). The van der Waals surface area contributed by atoms with E-state index in [1.165, 1.54) is 6.07 Å². The Kier molecular flexibility index (Phi) is 8.86. The lowest BCUT2D eigenvalue weighted by molar-refractivity contribution is -0.385. The van der Waals surface area contributed by atoms with Crippen molar-refractivity contribution in [3.8, 4) is 0 Å². The van der Waals surface area contributed by atoms with Gasteiger partial charge in [-0.05, 0) is 32.4 Å². The molecule has 1 aliphatic rings. The number of nitro groups is 1. The first-order valence-electron chi connectivity index (χ1n) is 10.2. The lowest BCUT2D eigenvalue weighted by atomic mass is 9.98. The van der Waals surface area contributed by atoms with Gasteiger partial charge in [-0.1, -0.05) is 36.4 Å². The van der Waals surface area contributed by atoms with Crippen LogP contribution in [0, 0.1) is 10.1 Å². The minimum Gasteiger partial charge on any atom is -0.444 e. The van der Waals surface area contributed by atoms with Crippen molar-refractivity contribution in [1.82, 2.24) is 5.32 Å². The number of hydrogen-bond donors (Lipinski definition) is 2. The smallest absolute Gasteiger partial charge is 0.405 e. The molecular weight excluding hydrogens is 414 g/mol. The summed E-state index contributed by atoms with van der Waals surface area (Å²) >= 11 is 0. The summed E-state index contributed by atoms with van der Waals surface area (Å²) in [6.45, 7) is 7.46. The molecule has 0 aliphatic carbocycles. The lowest BCUT2D eigenvalue weighted by Crippen LogP contribution is -2.39. The summed E-state index contributed by atoms with van der Waals surface area (Å²) in [7, 11) is 0. The number of ether oxygens (including phenoxy) is 2. The SMILES string of the molecule is CC(C)(C)OC(N)=O.O=C(c1ccccc1)c1ccc(CC2CNCCO2)cc1[N+](=O)[O-]. The number of nitrogens with zero attached hydrogens (tertiary/aromatic N) is 1. The van der Waals surface area contributed by atoms with E-state index in [9.17, 15) is 19.7 Å². The van der Waals surface area contributed by atoms with Gasteiger partial charge in [-0.3, -0.25) is 14.9 Å². The third-order valence-corrected chi connectivity index (χ3v) is 4.41. The summed E-state index contributed by atoms with van der Waals surface area (Å²) in [4.78, 5) is 33.5. The highest BCUT2D eigenvalue weighted by molar-refractivity contribution is 6.11. The van der Waals surface area contributed by atoms with Crippen molar-refractivity contribution >= 4 is 17.6 Å². The molecule has 3 N–H and O–H groups in total. The summed E-state index contributed by atoms with van der Waals surface area (Å²) in [5.41, 5.74) is 5.44. The molecule has 1 heterocycles. The van der Waals surface area contributed by atoms with Crippen LogP contribution < -0.4 is 11.1 Å². The second kappa shape index (κ2) is 11.4. The Balaban J connectivity index is 0.000000390. The molecule has 32 heavy (non-hydrogen) atoms. The normalized spacial score (nSPS) is 15.8. The number of morpholine rings is 1. The highest BCUT2D eigenvalue weighted by atomic mass is 16.6. The van der Waals surface area contributed by atoms with Crippen molar-refractivity contribution in [2.24, 2.45) is 5.73 Å². The predicted molar refractivity (Wildman–Crippen MR) is 120 cm³/mol. The van der Waals surface area contributed by atoms with Crippen LogP contribution in [0.25, 0.3) is 0 Å². The van der Waals surface area contributed by atoms with Crippen LogP contribution in [0.1, 0.15) is 42.3 Å². The fourth-order valence-electron chi connectivity index (χ4n) is 3.11. The van der Waals surface area contributed by atoms with Crippen LogP contribution in [-0.2, 0) is 15.9 Å². The molecule has 1 saturated heterocycles. The van der Waals surface area contributed by atoms with Crippen molar-refractivity contribution < 1.29 is 24.0 Å². The molecule has 9 heteroatoms. The second-order valence-electron chi connectivity index (χ2n) is 8.24. The number of amides is 1. The van der Waals surface area contributed by atoms with Crippen molar-refractivity contribution in [2.75, 3.05) is 19.7 Å². The average Bonchev–Trinajstić information content (AvgIpc) is 2.73. The number of hydrogen-bond acceptors (Lipinski definition) is 7. The van der Waals surface area contributed by atoms with E-state index in [2.05, 4.69) is 10.1 Å². The molecule has 0 spiro atoms. The number of nitrogens with one attached hydrogen (secondary N) is 1. The van der Waals surface area contributed by atoms with Gasteiger partial charge < -0.3 is 20.5 Å². The van der Waals surface area contributed by atoms with Gasteiger partial charge in [-0.15, -0.1) is 0 Å². The van der Waals surface area contributed by atoms with E-state index in [1.54, 1.807) is 63.2 Å². The Morgan fingerprint density at radius 2 is 1.91 bits per heavy atom. The van der Waals surface area contributed by atoms with Crippen molar-refractivity contribution in [2.45, 2.75) is 38.9 Å². The van der Waals surface area contributed by atoms with Gasteiger partial charge in [0.1, 0.15) is 11.2 Å². The number of rotatable bonds is 5. The Labute approximate surface area is 187 Å². The van der Waals surface area contributed by atoms with Gasteiger partial charge in [0.2, 0.25) is 0 Å². The first-order chi connectivity index (χ1) is 15.1. The monoisotopic (exact) mass is 443 g/mol. The number of primary amides is 1. The quantitative estimate of drug-likeness (QED) is 0.411. The molecule has 1 fully saturated rings. The van der Waals surface area contributed by atoms with Gasteiger partial charge in [0.15, 0.2) is 5.78 Å². The Bertz CT molecular complexity index is 934. The topological polar surface area (TPSA) is 134 Å². The molecular formula is C23H29N3O6. The molecule has 1 unspecified atom stereocenters. The van der Waals surface area contributed by atoms with E-state index in [-0.39, 0.29) is 23.1 Å². The maximum absolute atomic E-state index is 12.5. The molecule has 0 saturated carbocycles. The summed E-state index contributed by atoms with van der Waals surface area (Å²) in [5.74, 6) is -0.343. The molecule has 2 aromatic rings. The Hall–Kier alpha value is -3.30. The van der Waals surface area contributed by atoms with Crippen LogP contribution in [0.4, 0.5) is 10.5 Å². The fraction of sp³-hybridized carbons (Fsp3) is 0.391. The zero-order valence-corrected chi connectivity index (χ0v) is 18.5. The van der Waals surface area contributed by atoms with Gasteiger partial charge in [-0.2, -0.15) is 0 Å². The highest BCUT2D eigenvalue weighted by Gasteiger charge is 2.23. The molecule has 9 nitrogen and oxygen atoms in total. The van der Waals surface area contributed by atoms with Gasteiger partial charge >= 0.3 is 6.09 Å². The van der Waals surface area contributed by atoms with E-state index in [4.69, 9.17) is 10.5 Å². The lowest BCUT2D eigenvalue weighted by Gasteiger charge is -2.23. The van der Waals surface area contributed by atoms with Crippen molar-refractivity contribution in [3.05, 3.63) is 75.3 Å². The summed E-state index contributed by atoms with van der Waals surface area (Å²) < 4.78 is 10.2. The van der Waals surface area contributed by atoms with Crippen LogP contribution in [0.5, 0.6) is 0 Å². The van der Waals surface area contributed by atoms with E-state index in [1.807, 2.05) is 0 Å². The van der Waals surface area contributed by atoms with Gasteiger partial charge in [0.25, 0.3) is 5.69 Å². The minimum absolute atomic E-state index is 0.00553. The number of benzene rings is 2. The molecule has 1 amide bonds. The Morgan fingerprint density at radius 1 is 1.22 bits per heavy atom. The number of carbonyl (C=O) groups is 2. The largest absolute Gasteiger partial charge is 0.444 e. The molecule has 0 radical (unpaired) electrons. The van der Waals surface area contributed by atoms with E-state index in [0.717, 1.165) is 18.7 Å². The third kappa shape index (κ3) is 8.09. The molecule has 2 aromatic carbocycles. The van der Waals surface area contributed by atoms with E-state index < -0.39 is 16.6 Å². The van der Waals surface area contributed by atoms with E-state index in [0.29, 0.717) is 18.6 Å². The zero-order valence-electron chi connectivity index (χ0n) is 18.5. The first kappa shape index (κ1) is 25.0. The molecule has 172 valence electrons. The number of nitro benzene ring substituents is 1. The first-order valence-corrected chi connectivity index (χ1v) is 10.2. The second-order valence-corrected chi connectivity index (χ2v) is 8.24. The van der Waals surface area contributed by atoms with Gasteiger partial charge in [0.05, 0.1) is 17.6 Å². The van der Waals surface area contributed by atoms with Crippen LogP contribution >= 0.6 is 0 Å². The predicted octanol–water partition coefficient (Wildman–Crippen LogP) is 3.24. The van der Waals surface area contributed by atoms with Crippen molar-refractivity contribution in [1.29, 1.82) is 0 Å². The zero-order chi connectivity index (χ0) is 23.7. The number of ketones is 1. The molecule has 0 bridgehead atoms. The summed E-state index contributed by atoms with van der Waals surface area (Å²) in [6.07, 6.45) is -0.153. The van der Waals surface area contributed by atoms with Gasteiger partial charge in [0, 0.05) is 31.1 Å². The Morgan fingerprint density at radius 3 is 2.41 bits per heavy atom. The van der Waals surface area contributed by atoms with Crippen LogP contribution in [0.2, 0.25) is 0 Å². The third-order valence-electron chi connectivity index (χ3n) is 4.41. The highest BCUT2D eigenvalue weighted by Crippen LogP contribution is 2.24. The van der Waals surface area contributed by atoms with Crippen LogP contribution in [0.3, 0.4) is 0 Å². The molecule has 1 aliphatic heterocycles. The molecule has 1 atom stereocenters.